The van der Waals surface area contributed by atoms with E-state index in [4.69, 9.17) is 4.52 Å². The van der Waals surface area contributed by atoms with E-state index >= 15 is 0 Å². The third kappa shape index (κ3) is 2.84. The molecule has 0 saturated carbocycles. The van der Waals surface area contributed by atoms with Gasteiger partial charge < -0.3 is 14.9 Å². The van der Waals surface area contributed by atoms with Crippen LogP contribution in [0.3, 0.4) is 0 Å². The number of rotatable bonds is 4. The van der Waals surface area contributed by atoms with Crippen LogP contribution in [0.1, 0.15) is 34.8 Å². The Morgan fingerprint density at radius 3 is 2.67 bits per heavy atom. The average molecular weight is 287 g/mol. The van der Waals surface area contributed by atoms with Gasteiger partial charge >= 0.3 is 0 Å². The minimum Gasteiger partial charge on any atom is -0.395 e. The average Bonchev–Trinajstić information content (AvgIpc) is 3.06. The van der Waals surface area contributed by atoms with Gasteiger partial charge in [0.05, 0.1) is 12.0 Å². The number of hydrogen-bond acceptors (Lipinski definition) is 5. The summed E-state index contributed by atoms with van der Waals surface area (Å²) in [6, 6.07) is 6.43. The van der Waals surface area contributed by atoms with Crippen LogP contribution in [-0.4, -0.2) is 34.9 Å². The van der Waals surface area contributed by atoms with Gasteiger partial charge in [-0.2, -0.15) is 4.98 Å². The number of benzene rings is 1. The minimum atomic E-state index is -0.409. The summed E-state index contributed by atoms with van der Waals surface area (Å²) < 4.78 is 5.41. The Labute approximate surface area is 124 Å². The molecule has 1 aliphatic heterocycles. The van der Waals surface area contributed by atoms with Gasteiger partial charge in [0, 0.05) is 13.0 Å². The standard InChI is InChI=1S/C16H21N3O2/c1-11-5-12(2)7-13(6-11)8-14-18-15(21-19-14)16(10-20)3-4-17-9-16/h5-7,17,20H,3-4,8-10H2,1-2H3. The van der Waals surface area contributed by atoms with Gasteiger partial charge in [0.1, 0.15) is 0 Å². The summed E-state index contributed by atoms with van der Waals surface area (Å²) in [6.45, 7) is 5.77. The van der Waals surface area contributed by atoms with Gasteiger partial charge in [0.25, 0.3) is 0 Å². The molecule has 1 fully saturated rings. The Balaban J connectivity index is 1.82. The number of aromatic nitrogens is 2. The lowest BCUT2D eigenvalue weighted by Crippen LogP contribution is -2.33. The highest BCUT2D eigenvalue weighted by Crippen LogP contribution is 2.29. The molecule has 0 radical (unpaired) electrons. The second-order valence-corrected chi connectivity index (χ2v) is 6.05. The van der Waals surface area contributed by atoms with Gasteiger partial charge in [-0.3, -0.25) is 0 Å². The summed E-state index contributed by atoms with van der Waals surface area (Å²) in [4.78, 5) is 4.51. The monoisotopic (exact) mass is 287 g/mol. The first-order valence-electron chi connectivity index (χ1n) is 7.33. The summed E-state index contributed by atoms with van der Waals surface area (Å²) >= 11 is 0. The minimum absolute atomic E-state index is 0.0329. The van der Waals surface area contributed by atoms with Gasteiger partial charge in [-0.25, -0.2) is 0 Å². The van der Waals surface area contributed by atoms with Gasteiger partial charge in [-0.1, -0.05) is 34.5 Å². The molecule has 21 heavy (non-hydrogen) atoms. The first-order valence-corrected chi connectivity index (χ1v) is 7.33. The number of nitrogens with one attached hydrogen (secondary N) is 1. The highest BCUT2D eigenvalue weighted by atomic mass is 16.5. The molecule has 0 aliphatic carbocycles. The molecule has 3 rings (SSSR count). The van der Waals surface area contributed by atoms with E-state index in [0.29, 0.717) is 24.7 Å². The summed E-state index contributed by atoms with van der Waals surface area (Å²) in [7, 11) is 0. The molecule has 0 bridgehead atoms. The summed E-state index contributed by atoms with van der Waals surface area (Å²) in [5, 5.41) is 17.0. The zero-order chi connectivity index (χ0) is 14.9. The molecule has 1 atom stereocenters. The predicted molar refractivity (Wildman–Crippen MR) is 79.3 cm³/mol. The van der Waals surface area contributed by atoms with Crippen molar-refractivity contribution < 1.29 is 9.63 Å². The fraction of sp³-hybridized carbons (Fsp3) is 0.500. The molecule has 0 amide bonds. The zero-order valence-corrected chi connectivity index (χ0v) is 12.5. The van der Waals surface area contributed by atoms with E-state index in [0.717, 1.165) is 13.0 Å². The molecule has 1 aromatic carbocycles. The predicted octanol–water partition coefficient (Wildman–Crippen LogP) is 1.50. The van der Waals surface area contributed by atoms with Gasteiger partial charge in [0.2, 0.25) is 5.89 Å². The number of nitrogens with zero attached hydrogens (tertiary/aromatic N) is 2. The van der Waals surface area contributed by atoms with Crippen molar-refractivity contribution in [3.63, 3.8) is 0 Å². The molecule has 0 spiro atoms. The molecule has 1 aliphatic rings. The lowest BCUT2D eigenvalue weighted by Gasteiger charge is -2.19. The van der Waals surface area contributed by atoms with Crippen molar-refractivity contribution >= 4 is 0 Å². The molecule has 2 aromatic rings. The molecule has 2 N–H and O–H groups in total. The second-order valence-electron chi connectivity index (χ2n) is 6.05. The number of aliphatic hydroxyl groups excluding tert-OH is 1. The van der Waals surface area contributed by atoms with E-state index < -0.39 is 5.41 Å². The Kier molecular flexibility index (Phi) is 3.78. The van der Waals surface area contributed by atoms with Crippen LogP contribution in [0.25, 0.3) is 0 Å². The lowest BCUT2D eigenvalue weighted by molar-refractivity contribution is 0.168. The largest absolute Gasteiger partial charge is 0.395 e. The highest BCUT2D eigenvalue weighted by molar-refractivity contribution is 5.30. The van der Waals surface area contributed by atoms with Crippen LogP contribution in [0, 0.1) is 13.8 Å². The van der Waals surface area contributed by atoms with Gasteiger partial charge in [-0.05, 0) is 32.4 Å². The molecule has 5 nitrogen and oxygen atoms in total. The fourth-order valence-electron chi connectivity index (χ4n) is 3.02. The van der Waals surface area contributed by atoms with Crippen LogP contribution in [-0.2, 0) is 11.8 Å². The quantitative estimate of drug-likeness (QED) is 0.891. The van der Waals surface area contributed by atoms with E-state index in [9.17, 15) is 5.11 Å². The summed E-state index contributed by atoms with van der Waals surface area (Å²) in [5.74, 6) is 1.23. The molecule has 112 valence electrons. The molecule has 5 heteroatoms. The van der Waals surface area contributed by atoms with Crippen molar-refractivity contribution in [1.82, 2.24) is 15.5 Å². The van der Waals surface area contributed by atoms with Crippen LogP contribution in [0.15, 0.2) is 22.7 Å². The van der Waals surface area contributed by atoms with Crippen LogP contribution >= 0.6 is 0 Å². The first-order chi connectivity index (χ1) is 10.1. The number of hydrogen-bond donors (Lipinski definition) is 2. The van der Waals surface area contributed by atoms with Gasteiger partial charge in [0.15, 0.2) is 5.82 Å². The van der Waals surface area contributed by atoms with Crippen LogP contribution in [0.5, 0.6) is 0 Å². The number of aliphatic hydroxyl groups is 1. The SMILES string of the molecule is Cc1cc(C)cc(Cc2noc(C3(CO)CCNC3)n2)c1. The summed E-state index contributed by atoms with van der Waals surface area (Å²) in [5.41, 5.74) is 3.25. The van der Waals surface area contributed by atoms with Crippen molar-refractivity contribution in [2.75, 3.05) is 19.7 Å². The molecule has 1 saturated heterocycles. The smallest absolute Gasteiger partial charge is 0.236 e. The van der Waals surface area contributed by atoms with Crippen LogP contribution in [0.4, 0.5) is 0 Å². The third-order valence-corrected chi connectivity index (χ3v) is 4.11. The van der Waals surface area contributed by atoms with Crippen molar-refractivity contribution in [3.05, 3.63) is 46.6 Å². The maximum atomic E-state index is 9.67. The van der Waals surface area contributed by atoms with E-state index in [1.807, 2.05) is 0 Å². The topological polar surface area (TPSA) is 71.2 Å². The van der Waals surface area contributed by atoms with Crippen molar-refractivity contribution in [3.8, 4) is 0 Å². The third-order valence-electron chi connectivity index (χ3n) is 4.11. The van der Waals surface area contributed by atoms with E-state index in [1.54, 1.807) is 0 Å². The molecule has 1 aromatic heterocycles. The highest BCUT2D eigenvalue weighted by Gasteiger charge is 2.40. The summed E-state index contributed by atoms with van der Waals surface area (Å²) in [6.07, 6.45) is 1.48. The molecule has 2 heterocycles. The normalized spacial score (nSPS) is 21.9. The lowest BCUT2D eigenvalue weighted by atomic mass is 9.88. The van der Waals surface area contributed by atoms with Crippen molar-refractivity contribution in [2.24, 2.45) is 0 Å². The Morgan fingerprint density at radius 2 is 2.05 bits per heavy atom. The number of aryl methyl sites for hydroxylation is 2. The van der Waals surface area contributed by atoms with Gasteiger partial charge in [-0.15, -0.1) is 0 Å². The van der Waals surface area contributed by atoms with E-state index in [-0.39, 0.29) is 6.61 Å². The maximum Gasteiger partial charge on any atom is 0.236 e. The molecular weight excluding hydrogens is 266 g/mol. The Bertz CT molecular complexity index is 610. The van der Waals surface area contributed by atoms with Crippen LogP contribution in [0.2, 0.25) is 0 Å². The van der Waals surface area contributed by atoms with E-state index in [2.05, 4.69) is 47.5 Å². The first kappa shape index (κ1) is 14.2. The Morgan fingerprint density at radius 1 is 1.29 bits per heavy atom. The second kappa shape index (κ2) is 5.58. The Hall–Kier alpha value is -1.72. The van der Waals surface area contributed by atoms with Crippen molar-refractivity contribution in [1.29, 1.82) is 0 Å². The van der Waals surface area contributed by atoms with Crippen LogP contribution < -0.4 is 5.32 Å². The molecular formula is C16H21N3O2. The molecule has 1 unspecified atom stereocenters. The zero-order valence-electron chi connectivity index (χ0n) is 12.5. The maximum absolute atomic E-state index is 9.67. The van der Waals surface area contributed by atoms with E-state index in [1.165, 1.54) is 16.7 Å². The fourth-order valence-corrected chi connectivity index (χ4v) is 3.02. The van der Waals surface area contributed by atoms with Crippen molar-refractivity contribution in [2.45, 2.75) is 32.1 Å².